The molecule has 118 valence electrons. The van der Waals surface area contributed by atoms with Crippen molar-refractivity contribution in [3.05, 3.63) is 58.4 Å². The van der Waals surface area contributed by atoms with E-state index < -0.39 is 0 Å². The van der Waals surface area contributed by atoms with Gasteiger partial charge in [0.05, 0.1) is 12.8 Å². The summed E-state index contributed by atoms with van der Waals surface area (Å²) in [7, 11) is 1.62. The molecule has 0 aliphatic rings. The second kappa shape index (κ2) is 7.11. The van der Waals surface area contributed by atoms with Gasteiger partial charge in [-0.3, -0.25) is 9.89 Å². The van der Waals surface area contributed by atoms with Crippen LogP contribution in [-0.2, 0) is 6.42 Å². The average molecular weight is 327 g/mol. The molecule has 2 aromatic heterocycles. The van der Waals surface area contributed by atoms with Gasteiger partial charge in [-0.15, -0.1) is 11.3 Å². The Morgan fingerprint density at radius 3 is 3.00 bits per heavy atom. The summed E-state index contributed by atoms with van der Waals surface area (Å²) in [6.07, 6.45) is 0.834. The Morgan fingerprint density at radius 2 is 2.22 bits per heavy atom. The zero-order valence-corrected chi connectivity index (χ0v) is 13.5. The molecule has 2 heterocycles. The molecular weight excluding hydrogens is 310 g/mol. The number of carbonyl (C=O) groups excluding carboxylic acids is 1. The normalized spacial score (nSPS) is 10.5. The van der Waals surface area contributed by atoms with Crippen LogP contribution < -0.4 is 10.1 Å². The number of H-pyrrole nitrogens is 1. The van der Waals surface area contributed by atoms with Crippen LogP contribution in [-0.4, -0.2) is 29.8 Å². The molecule has 0 unspecified atom stereocenters. The number of methoxy groups -OCH3 is 1. The van der Waals surface area contributed by atoms with Crippen LogP contribution in [0.4, 0.5) is 0 Å². The van der Waals surface area contributed by atoms with Gasteiger partial charge in [0.25, 0.3) is 5.91 Å². The van der Waals surface area contributed by atoms with Crippen LogP contribution in [0.25, 0.3) is 11.3 Å². The van der Waals surface area contributed by atoms with Gasteiger partial charge in [0.2, 0.25) is 0 Å². The Morgan fingerprint density at radius 1 is 1.30 bits per heavy atom. The minimum atomic E-state index is -0.150. The predicted octanol–water partition coefficient (Wildman–Crippen LogP) is 3.12. The molecule has 0 aliphatic carbocycles. The van der Waals surface area contributed by atoms with Crippen molar-refractivity contribution in [2.24, 2.45) is 0 Å². The first-order valence-electron chi connectivity index (χ1n) is 7.26. The summed E-state index contributed by atoms with van der Waals surface area (Å²) in [6, 6.07) is 13.4. The number of amides is 1. The van der Waals surface area contributed by atoms with Gasteiger partial charge < -0.3 is 10.1 Å². The fraction of sp³-hybridized carbons (Fsp3) is 0.176. The lowest BCUT2D eigenvalue weighted by molar-refractivity contribution is 0.0949. The van der Waals surface area contributed by atoms with E-state index in [1.165, 1.54) is 4.88 Å². The molecular formula is C17H17N3O2S. The molecule has 23 heavy (non-hydrogen) atoms. The fourth-order valence-electron chi connectivity index (χ4n) is 2.22. The molecule has 5 nitrogen and oxygen atoms in total. The van der Waals surface area contributed by atoms with Gasteiger partial charge in [-0.05, 0) is 36.1 Å². The molecule has 0 saturated carbocycles. The number of benzene rings is 1. The summed E-state index contributed by atoms with van der Waals surface area (Å²) in [5.74, 6) is 0.607. The summed E-state index contributed by atoms with van der Waals surface area (Å²) in [6.45, 7) is 0.604. The van der Waals surface area contributed by atoms with Crippen molar-refractivity contribution in [3.63, 3.8) is 0 Å². The third-order valence-electron chi connectivity index (χ3n) is 3.43. The number of nitrogens with one attached hydrogen (secondary N) is 2. The second-order valence-corrected chi connectivity index (χ2v) is 6.02. The quantitative estimate of drug-likeness (QED) is 0.731. The van der Waals surface area contributed by atoms with E-state index in [0.717, 1.165) is 17.7 Å². The summed E-state index contributed by atoms with van der Waals surface area (Å²) < 4.78 is 5.20. The molecule has 0 aliphatic heterocycles. The number of carbonyl (C=O) groups is 1. The van der Waals surface area contributed by atoms with Crippen LogP contribution in [0.15, 0.2) is 47.8 Å². The van der Waals surface area contributed by atoms with E-state index in [2.05, 4.69) is 21.6 Å². The van der Waals surface area contributed by atoms with E-state index in [1.807, 2.05) is 35.7 Å². The third kappa shape index (κ3) is 3.78. The van der Waals surface area contributed by atoms with Crippen LogP contribution in [0, 0.1) is 0 Å². The van der Waals surface area contributed by atoms with Crippen LogP contribution >= 0.6 is 11.3 Å². The van der Waals surface area contributed by atoms with Gasteiger partial charge in [-0.1, -0.05) is 18.2 Å². The number of aromatic nitrogens is 2. The number of ether oxygens (including phenoxy) is 1. The predicted molar refractivity (Wildman–Crippen MR) is 90.9 cm³/mol. The zero-order chi connectivity index (χ0) is 16.1. The van der Waals surface area contributed by atoms with Crippen molar-refractivity contribution in [2.45, 2.75) is 6.42 Å². The maximum Gasteiger partial charge on any atom is 0.269 e. The van der Waals surface area contributed by atoms with Gasteiger partial charge in [0.1, 0.15) is 11.4 Å². The van der Waals surface area contributed by atoms with Crippen LogP contribution in [0.2, 0.25) is 0 Å². The highest BCUT2D eigenvalue weighted by atomic mass is 32.1. The number of aromatic amines is 1. The summed E-state index contributed by atoms with van der Waals surface area (Å²) in [5, 5.41) is 11.9. The largest absolute Gasteiger partial charge is 0.497 e. The van der Waals surface area contributed by atoms with Crippen LogP contribution in [0.3, 0.4) is 0 Å². The molecule has 1 amide bonds. The van der Waals surface area contributed by atoms with Crippen molar-refractivity contribution in [1.29, 1.82) is 0 Å². The lowest BCUT2D eigenvalue weighted by atomic mass is 10.1. The smallest absolute Gasteiger partial charge is 0.269 e. The Bertz CT molecular complexity index is 781. The van der Waals surface area contributed by atoms with Crippen molar-refractivity contribution in [3.8, 4) is 17.0 Å². The lowest BCUT2D eigenvalue weighted by Gasteiger charge is -2.02. The molecule has 1 aromatic carbocycles. The molecule has 0 bridgehead atoms. The molecule has 3 aromatic rings. The van der Waals surface area contributed by atoms with Crippen molar-refractivity contribution < 1.29 is 9.53 Å². The van der Waals surface area contributed by atoms with E-state index in [0.29, 0.717) is 17.9 Å². The minimum absolute atomic E-state index is 0.150. The van der Waals surface area contributed by atoms with Crippen molar-refractivity contribution in [2.75, 3.05) is 13.7 Å². The van der Waals surface area contributed by atoms with E-state index in [1.54, 1.807) is 24.5 Å². The SMILES string of the molecule is COc1cccc(-c2cc(C(=O)NCCc3cccs3)[nH]n2)c1. The van der Waals surface area contributed by atoms with Gasteiger partial charge in [-0.2, -0.15) is 5.10 Å². The minimum Gasteiger partial charge on any atom is -0.497 e. The van der Waals surface area contributed by atoms with Crippen LogP contribution in [0.5, 0.6) is 5.75 Å². The van der Waals surface area contributed by atoms with Crippen molar-refractivity contribution >= 4 is 17.2 Å². The van der Waals surface area contributed by atoms with E-state index in [4.69, 9.17) is 4.74 Å². The Hall–Kier alpha value is -2.60. The second-order valence-electron chi connectivity index (χ2n) is 4.98. The summed E-state index contributed by atoms with van der Waals surface area (Å²) >= 11 is 1.69. The highest BCUT2D eigenvalue weighted by Crippen LogP contribution is 2.22. The monoisotopic (exact) mass is 327 g/mol. The van der Waals surface area contributed by atoms with Crippen molar-refractivity contribution in [1.82, 2.24) is 15.5 Å². The molecule has 2 N–H and O–H groups in total. The molecule has 0 radical (unpaired) electrons. The first-order chi connectivity index (χ1) is 11.3. The number of hydrogen-bond donors (Lipinski definition) is 2. The molecule has 0 spiro atoms. The lowest BCUT2D eigenvalue weighted by Crippen LogP contribution is -2.25. The number of thiophene rings is 1. The maximum absolute atomic E-state index is 12.1. The summed E-state index contributed by atoms with van der Waals surface area (Å²) in [4.78, 5) is 13.4. The summed E-state index contributed by atoms with van der Waals surface area (Å²) in [5.41, 5.74) is 2.07. The maximum atomic E-state index is 12.1. The van der Waals surface area contributed by atoms with Crippen LogP contribution in [0.1, 0.15) is 15.4 Å². The standard InChI is InChI=1S/C17H17N3O2S/c1-22-13-5-2-4-12(10-13)15-11-16(20-19-15)17(21)18-8-7-14-6-3-9-23-14/h2-6,9-11H,7-8H2,1H3,(H,18,21)(H,19,20). The Kier molecular flexibility index (Phi) is 4.73. The van der Waals surface area contributed by atoms with E-state index >= 15 is 0 Å². The third-order valence-corrected chi connectivity index (χ3v) is 4.36. The Labute approximate surface area is 138 Å². The molecule has 0 fully saturated rings. The van der Waals surface area contributed by atoms with Gasteiger partial charge >= 0.3 is 0 Å². The number of nitrogens with zero attached hydrogens (tertiary/aromatic N) is 1. The fourth-order valence-corrected chi connectivity index (χ4v) is 2.93. The number of hydrogen-bond acceptors (Lipinski definition) is 4. The van der Waals surface area contributed by atoms with E-state index in [9.17, 15) is 4.79 Å². The molecule has 3 rings (SSSR count). The Balaban J connectivity index is 1.62. The number of rotatable bonds is 6. The highest BCUT2D eigenvalue weighted by Gasteiger charge is 2.11. The first kappa shape index (κ1) is 15.3. The molecule has 6 heteroatoms. The molecule has 0 atom stereocenters. The van der Waals surface area contributed by atoms with Gasteiger partial charge in [0, 0.05) is 17.0 Å². The topological polar surface area (TPSA) is 67.0 Å². The molecule has 0 saturated heterocycles. The van der Waals surface area contributed by atoms with Gasteiger partial charge in [-0.25, -0.2) is 0 Å². The average Bonchev–Trinajstić information content (AvgIpc) is 3.26. The van der Waals surface area contributed by atoms with Gasteiger partial charge in [0.15, 0.2) is 0 Å². The van der Waals surface area contributed by atoms with E-state index in [-0.39, 0.29) is 5.91 Å². The highest BCUT2D eigenvalue weighted by molar-refractivity contribution is 7.09. The zero-order valence-electron chi connectivity index (χ0n) is 12.7. The first-order valence-corrected chi connectivity index (χ1v) is 8.14.